The van der Waals surface area contributed by atoms with Gasteiger partial charge < -0.3 is 19.5 Å². The summed E-state index contributed by atoms with van der Waals surface area (Å²) in [7, 11) is 0. The zero-order valence-corrected chi connectivity index (χ0v) is 19.5. The van der Waals surface area contributed by atoms with E-state index >= 15 is 0 Å². The van der Waals surface area contributed by atoms with Gasteiger partial charge in [-0.2, -0.15) is 0 Å². The van der Waals surface area contributed by atoms with Crippen LogP contribution in [0, 0.1) is 0 Å². The van der Waals surface area contributed by atoms with E-state index in [2.05, 4.69) is 6.58 Å². The van der Waals surface area contributed by atoms with Gasteiger partial charge in [0.25, 0.3) is 11.7 Å². The molecular weight excluding hydrogens is 442 g/mol. The molecule has 4 rings (SSSR count). The van der Waals surface area contributed by atoms with Crippen LogP contribution in [0.4, 0.5) is 0 Å². The first-order valence-corrected chi connectivity index (χ1v) is 11.4. The normalized spacial score (nSPS) is 16.8. The van der Waals surface area contributed by atoms with E-state index in [1.165, 1.54) is 4.90 Å². The van der Waals surface area contributed by atoms with E-state index in [4.69, 9.17) is 9.47 Å². The predicted molar refractivity (Wildman–Crippen MR) is 134 cm³/mol. The van der Waals surface area contributed by atoms with Gasteiger partial charge in [0.1, 0.15) is 23.9 Å². The number of aliphatic hydroxyl groups is 1. The van der Waals surface area contributed by atoms with Crippen molar-refractivity contribution in [2.24, 2.45) is 0 Å². The SMILES string of the molecule is C=CCOc1ccc(C2C(=C(O)c3cccc(OCC)c3)C(=O)C(=O)N2Cc2ccccc2)cc1. The van der Waals surface area contributed by atoms with Crippen LogP contribution in [-0.2, 0) is 16.1 Å². The van der Waals surface area contributed by atoms with Gasteiger partial charge in [-0.25, -0.2) is 0 Å². The topological polar surface area (TPSA) is 76.1 Å². The van der Waals surface area contributed by atoms with Gasteiger partial charge in [0, 0.05) is 12.1 Å². The molecule has 3 aromatic rings. The molecule has 1 saturated heterocycles. The van der Waals surface area contributed by atoms with Crippen molar-refractivity contribution in [1.82, 2.24) is 4.90 Å². The highest BCUT2D eigenvalue weighted by atomic mass is 16.5. The molecule has 1 atom stereocenters. The minimum Gasteiger partial charge on any atom is -0.507 e. The van der Waals surface area contributed by atoms with E-state index in [1.807, 2.05) is 37.3 Å². The largest absolute Gasteiger partial charge is 0.507 e. The van der Waals surface area contributed by atoms with Gasteiger partial charge in [-0.3, -0.25) is 9.59 Å². The van der Waals surface area contributed by atoms with Crippen LogP contribution in [-0.4, -0.2) is 34.9 Å². The minimum absolute atomic E-state index is 0.0411. The fourth-order valence-corrected chi connectivity index (χ4v) is 4.13. The molecule has 6 heteroatoms. The summed E-state index contributed by atoms with van der Waals surface area (Å²) in [6.07, 6.45) is 1.65. The molecule has 0 aliphatic carbocycles. The third-order valence-electron chi connectivity index (χ3n) is 5.72. The number of likely N-dealkylation sites (tertiary alicyclic amines) is 1. The van der Waals surface area contributed by atoms with E-state index in [1.54, 1.807) is 54.6 Å². The van der Waals surface area contributed by atoms with Crippen molar-refractivity contribution in [2.45, 2.75) is 19.5 Å². The first kappa shape index (κ1) is 23.8. The number of hydrogen-bond donors (Lipinski definition) is 1. The Balaban J connectivity index is 1.81. The first-order valence-electron chi connectivity index (χ1n) is 11.4. The van der Waals surface area contributed by atoms with Crippen LogP contribution >= 0.6 is 0 Å². The van der Waals surface area contributed by atoms with Crippen molar-refractivity contribution in [2.75, 3.05) is 13.2 Å². The molecule has 6 nitrogen and oxygen atoms in total. The first-order chi connectivity index (χ1) is 17.0. The van der Waals surface area contributed by atoms with Crippen LogP contribution in [0.15, 0.2) is 97.1 Å². The van der Waals surface area contributed by atoms with E-state index in [-0.39, 0.29) is 17.9 Å². The number of ether oxygens (including phenoxy) is 2. The molecule has 1 fully saturated rings. The van der Waals surface area contributed by atoms with Gasteiger partial charge >= 0.3 is 0 Å². The fraction of sp³-hybridized carbons (Fsp3) is 0.172. The van der Waals surface area contributed by atoms with Crippen LogP contribution in [0.25, 0.3) is 5.76 Å². The zero-order chi connectivity index (χ0) is 24.8. The number of nitrogens with zero attached hydrogens (tertiary/aromatic N) is 1. The average molecular weight is 470 g/mol. The van der Waals surface area contributed by atoms with Gasteiger partial charge in [-0.15, -0.1) is 0 Å². The second-order valence-corrected chi connectivity index (χ2v) is 8.04. The maximum atomic E-state index is 13.2. The molecule has 0 radical (unpaired) electrons. The summed E-state index contributed by atoms with van der Waals surface area (Å²) in [5.41, 5.74) is 2.02. The molecule has 1 heterocycles. The van der Waals surface area contributed by atoms with Crippen LogP contribution in [0.3, 0.4) is 0 Å². The Bertz CT molecular complexity index is 1250. The number of carbonyl (C=O) groups is 2. The average Bonchev–Trinajstić information content (AvgIpc) is 3.13. The van der Waals surface area contributed by atoms with Crippen LogP contribution in [0.1, 0.15) is 29.7 Å². The molecule has 3 aromatic carbocycles. The lowest BCUT2D eigenvalue weighted by Gasteiger charge is -2.25. The predicted octanol–water partition coefficient (Wildman–Crippen LogP) is 5.27. The summed E-state index contributed by atoms with van der Waals surface area (Å²) in [4.78, 5) is 27.9. The van der Waals surface area contributed by atoms with Crippen molar-refractivity contribution < 1.29 is 24.2 Å². The highest BCUT2D eigenvalue weighted by Gasteiger charge is 2.46. The van der Waals surface area contributed by atoms with Crippen molar-refractivity contribution in [3.05, 3.63) is 114 Å². The molecule has 0 saturated carbocycles. The molecule has 1 aliphatic heterocycles. The lowest BCUT2D eigenvalue weighted by atomic mass is 9.95. The Morgan fingerprint density at radius 3 is 2.40 bits per heavy atom. The molecule has 0 spiro atoms. The maximum absolute atomic E-state index is 13.2. The van der Waals surface area contributed by atoms with E-state index in [0.717, 1.165) is 5.56 Å². The number of aliphatic hydroxyl groups excluding tert-OH is 1. The number of amides is 1. The summed E-state index contributed by atoms with van der Waals surface area (Å²) in [6.45, 7) is 6.56. The number of ketones is 1. The molecule has 1 N–H and O–H groups in total. The molecule has 0 bridgehead atoms. The Morgan fingerprint density at radius 2 is 1.71 bits per heavy atom. The summed E-state index contributed by atoms with van der Waals surface area (Å²) in [5.74, 6) is -0.420. The van der Waals surface area contributed by atoms with Gasteiger partial charge in [-0.1, -0.05) is 67.3 Å². The summed E-state index contributed by atoms with van der Waals surface area (Å²) >= 11 is 0. The summed E-state index contributed by atoms with van der Waals surface area (Å²) in [6, 6.07) is 22.7. The number of hydrogen-bond acceptors (Lipinski definition) is 5. The molecule has 178 valence electrons. The lowest BCUT2D eigenvalue weighted by molar-refractivity contribution is -0.140. The van der Waals surface area contributed by atoms with E-state index in [9.17, 15) is 14.7 Å². The number of Topliss-reactive ketones (excluding diaryl/α,β-unsaturated/α-hetero) is 1. The van der Waals surface area contributed by atoms with Crippen molar-refractivity contribution in [3.63, 3.8) is 0 Å². The number of benzene rings is 3. The number of carbonyl (C=O) groups excluding carboxylic acids is 2. The van der Waals surface area contributed by atoms with Gasteiger partial charge in [0.15, 0.2) is 0 Å². The monoisotopic (exact) mass is 469 g/mol. The van der Waals surface area contributed by atoms with Gasteiger partial charge in [-0.05, 0) is 42.3 Å². The Hall–Kier alpha value is -4.32. The molecule has 0 aromatic heterocycles. The molecular formula is C29H27NO5. The standard InChI is InChI=1S/C29H27NO5/c1-3-17-35-23-15-13-21(14-16-23)26-25(27(31)22-11-8-12-24(18-22)34-4-2)28(32)29(33)30(26)19-20-9-6-5-7-10-20/h3,5-16,18,26,31H,1,4,17,19H2,2H3. The van der Waals surface area contributed by atoms with Crippen molar-refractivity contribution >= 4 is 17.4 Å². The Labute approximate surface area is 204 Å². The van der Waals surface area contributed by atoms with Crippen molar-refractivity contribution in [3.8, 4) is 11.5 Å². The minimum atomic E-state index is -0.764. The van der Waals surface area contributed by atoms with E-state index < -0.39 is 17.7 Å². The quantitative estimate of drug-likeness (QED) is 0.200. The molecule has 35 heavy (non-hydrogen) atoms. The van der Waals surface area contributed by atoms with Gasteiger partial charge in [0.05, 0.1) is 18.2 Å². The van der Waals surface area contributed by atoms with Crippen molar-refractivity contribution in [1.29, 1.82) is 0 Å². The highest BCUT2D eigenvalue weighted by molar-refractivity contribution is 6.46. The third kappa shape index (κ3) is 5.11. The third-order valence-corrected chi connectivity index (χ3v) is 5.72. The summed E-state index contributed by atoms with van der Waals surface area (Å²) in [5, 5.41) is 11.3. The highest BCUT2D eigenvalue weighted by Crippen LogP contribution is 2.41. The Kier molecular flexibility index (Phi) is 7.31. The fourth-order valence-electron chi connectivity index (χ4n) is 4.13. The molecule has 1 amide bonds. The van der Waals surface area contributed by atoms with Crippen LogP contribution < -0.4 is 9.47 Å². The molecule has 1 unspecified atom stereocenters. The number of rotatable bonds is 9. The van der Waals surface area contributed by atoms with Crippen LogP contribution in [0.2, 0.25) is 0 Å². The van der Waals surface area contributed by atoms with Gasteiger partial charge in [0.2, 0.25) is 0 Å². The smallest absolute Gasteiger partial charge is 0.295 e. The molecule has 1 aliphatic rings. The zero-order valence-electron chi connectivity index (χ0n) is 19.5. The Morgan fingerprint density at radius 1 is 0.971 bits per heavy atom. The summed E-state index contributed by atoms with van der Waals surface area (Å²) < 4.78 is 11.1. The van der Waals surface area contributed by atoms with E-state index in [0.29, 0.717) is 35.8 Å². The maximum Gasteiger partial charge on any atom is 0.295 e. The van der Waals surface area contributed by atoms with Crippen LogP contribution in [0.5, 0.6) is 11.5 Å². The lowest BCUT2D eigenvalue weighted by Crippen LogP contribution is -2.29. The second kappa shape index (κ2) is 10.7. The second-order valence-electron chi connectivity index (χ2n) is 8.04.